The molecule has 1 N–H and O–H groups in total. The van der Waals surface area contributed by atoms with Gasteiger partial charge in [-0.05, 0) is 24.6 Å². The maximum atomic E-state index is 9.05. The number of piperazine rings is 1. The zero-order valence-corrected chi connectivity index (χ0v) is 11.4. The third kappa shape index (κ3) is 3.69. The molecule has 1 aromatic rings. The molecule has 1 atom stereocenters. The molecule has 1 heterocycles. The first kappa shape index (κ1) is 13.9. The van der Waals surface area contributed by atoms with E-state index < -0.39 is 0 Å². The molecule has 0 radical (unpaired) electrons. The lowest BCUT2D eigenvalue weighted by molar-refractivity contribution is 0.175. The number of benzene rings is 1. The first-order valence-corrected chi connectivity index (χ1v) is 6.89. The van der Waals surface area contributed by atoms with Gasteiger partial charge in [0.1, 0.15) is 5.75 Å². The standard InChI is InChI=1S/C15H21N3O/c1-2-19-14-5-3-13(4-6-14)15(7-8-16)18-11-9-17-10-12-18/h3-6,15,17H,2,7,9-12H2,1H3/t15-/m0/s1. The molecular formula is C15H21N3O. The van der Waals surface area contributed by atoms with E-state index in [0.29, 0.717) is 13.0 Å². The van der Waals surface area contributed by atoms with Crippen molar-refractivity contribution in [2.75, 3.05) is 32.8 Å². The van der Waals surface area contributed by atoms with E-state index in [1.807, 2.05) is 19.1 Å². The average Bonchev–Trinajstić information content (AvgIpc) is 2.47. The van der Waals surface area contributed by atoms with Crippen molar-refractivity contribution in [1.29, 1.82) is 5.26 Å². The number of nitrogens with zero attached hydrogens (tertiary/aromatic N) is 2. The molecule has 0 saturated carbocycles. The molecule has 4 heteroatoms. The van der Waals surface area contributed by atoms with Crippen molar-refractivity contribution in [1.82, 2.24) is 10.2 Å². The molecule has 1 fully saturated rings. The van der Waals surface area contributed by atoms with Gasteiger partial charge in [0.05, 0.1) is 19.1 Å². The van der Waals surface area contributed by atoms with E-state index in [-0.39, 0.29) is 6.04 Å². The number of hydrogen-bond acceptors (Lipinski definition) is 4. The zero-order chi connectivity index (χ0) is 13.5. The largest absolute Gasteiger partial charge is 0.494 e. The fraction of sp³-hybridized carbons (Fsp3) is 0.533. The highest BCUT2D eigenvalue weighted by molar-refractivity contribution is 5.29. The molecule has 1 aliphatic heterocycles. The summed E-state index contributed by atoms with van der Waals surface area (Å²) >= 11 is 0. The monoisotopic (exact) mass is 259 g/mol. The molecule has 0 aromatic heterocycles. The maximum absolute atomic E-state index is 9.05. The Bertz CT molecular complexity index is 418. The summed E-state index contributed by atoms with van der Waals surface area (Å²) in [6, 6.07) is 10.6. The van der Waals surface area contributed by atoms with Crippen LogP contribution in [0, 0.1) is 11.3 Å². The average molecular weight is 259 g/mol. The molecule has 19 heavy (non-hydrogen) atoms. The summed E-state index contributed by atoms with van der Waals surface area (Å²) in [4.78, 5) is 2.38. The highest BCUT2D eigenvalue weighted by Crippen LogP contribution is 2.26. The smallest absolute Gasteiger partial charge is 0.119 e. The number of nitrogens with one attached hydrogen (secondary N) is 1. The Kier molecular flexibility index (Phi) is 5.20. The van der Waals surface area contributed by atoms with E-state index >= 15 is 0 Å². The zero-order valence-electron chi connectivity index (χ0n) is 11.4. The molecule has 1 saturated heterocycles. The lowest BCUT2D eigenvalue weighted by atomic mass is 10.0. The molecule has 0 aliphatic carbocycles. The van der Waals surface area contributed by atoms with Crippen molar-refractivity contribution in [2.45, 2.75) is 19.4 Å². The summed E-state index contributed by atoms with van der Waals surface area (Å²) in [6.07, 6.45) is 0.536. The summed E-state index contributed by atoms with van der Waals surface area (Å²) in [5.74, 6) is 0.891. The van der Waals surface area contributed by atoms with Gasteiger partial charge in [-0.1, -0.05) is 12.1 Å². The van der Waals surface area contributed by atoms with E-state index in [9.17, 15) is 0 Å². The SMILES string of the molecule is CCOc1ccc([C@H](CC#N)N2CCNCC2)cc1. The minimum Gasteiger partial charge on any atom is -0.494 e. The van der Waals surface area contributed by atoms with Gasteiger partial charge in [0.2, 0.25) is 0 Å². The van der Waals surface area contributed by atoms with Gasteiger partial charge in [-0.15, -0.1) is 0 Å². The van der Waals surface area contributed by atoms with Crippen LogP contribution in [-0.2, 0) is 0 Å². The van der Waals surface area contributed by atoms with Crippen LogP contribution in [0.4, 0.5) is 0 Å². The van der Waals surface area contributed by atoms with Crippen molar-refractivity contribution in [2.24, 2.45) is 0 Å². The van der Waals surface area contributed by atoms with Crippen LogP contribution in [0.5, 0.6) is 5.75 Å². The number of nitriles is 1. The Hall–Kier alpha value is -1.57. The Labute approximate surface area is 115 Å². The van der Waals surface area contributed by atoms with E-state index in [4.69, 9.17) is 10.00 Å². The first-order chi connectivity index (χ1) is 9.35. The second-order valence-corrected chi connectivity index (χ2v) is 4.67. The summed E-state index contributed by atoms with van der Waals surface area (Å²) < 4.78 is 5.46. The molecule has 4 nitrogen and oxygen atoms in total. The van der Waals surface area contributed by atoms with Crippen LogP contribution in [-0.4, -0.2) is 37.7 Å². The molecule has 0 amide bonds. The van der Waals surface area contributed by atoms with Crippen LogP contribution in [0.3, 0.4) is 0 Å². The van der Waals surface area contributed by atoms with Crippen LogP contribution < -0.4 is 10.1 Å². The van der Waals surface area contributed by atoms with Gasteiger partial charge in [0.15, 0.2) is 0 Å². The van der Waals surface area contributed by atoms with Crippen molar-refractivity contribution in [3.63, 3.8) is 0 Å². The molecule has 2 rings (SSSR count). The minimum absolute atomic E-state index is 0.197. The minimum atomic E-state index is 0.197. The molecule has 1 aliphatic rings. The molecule has 1 aromatic carbocycles. The van der Waals surface area contributed by atoms with Crippen LogP contribution >= 0.6 is 0 Å². The number of rotatable bonds is 5. The number of ether oxygens (including phenoxy) is 1. The lowest BCUT2D eigenvalue weighted by Crippen LogP contribution is -2.45. The van der Waals surface area contributed by atoms with Crippen LogP contribution in [0.1, 0.15) is 24.9 Å². The fourth-order valence-corrected chi connectivity index (χ4v) is 2.49. The molecule has 0 unspecified atom stereocenters. The molecule has 102 valence electrons. The van der Waals surface area contributed by atoms with Gasteiger partial charge in [0.25, 0.3) is 0 Å². The van der Waals surface area contributed by atoms with Gasteiger partial charge >= 0.3 is 0 Å². The Morgan fingerprint density at radius 2 is 2.00 bits per heavy atom. The van der Waals surface area contributed by atoms with Crippen LogP contribution in [0.25, 0.3) is 0 Å². The van der Waals surface area contributed by atoms with Crippen molar-refractivity contribution >= 4 is 0 Å². The predicted octanol–water partition coefficient (Wildman–Crippen LogP) is 1.95. The van der Waals surface area contributed by atoms with Crippen molar-refractivity contribution in [3.05, 3.63) is 29.8 Å². The fourth-order valence-electron chi connectivity index (χ4n) is 2.49. The van der Waals surface area contributed by atoms with E-state index in [1.54, 1.807) is 0 Å². The van der Waals surface area contributed by atoms with Gasteiger partial charge in [0, 0.05) is 32.2 Å². The second-order valence-electron chi connectivity index (χ2n) is 4.67. The van der Waals surface area contributed by atoms with Gasteiger partial charge < -0.3 is 10.1 Å². The second kappa shape index (κ2) is 7.13. The summed E-state index contributed by atoms with van der Waals surface area (Å²) in [7, 11) is 0. The molecule has 0 spiro atoms. The first-order valence-electron chi connectivity index (χ1n) is 6.89. The summed E-state index contributed by atoms with van der Waals surface area (Å²) in [6.45, 7) is 6.66. The quantitative estimate of drug-likeness (QED) is 0.878. The third-order valence-corrected chi connectivity index (χ3v) is 3.45. The van der Waals surface area contributed by atoms with E-state index in [1.165, 1.54) is 5.56 Å². The highest BCUT2D eigenvalue weighted by Gasteiger charge is 2.21. The van der Waals surface area contributed by atoms with Gasteiger partial charge in [-0.2, -0.15) is 5.26 Å². The molecule has 0 bridgehead atoms. The van der Waals surface area contributed by atoms with Gasteiger partial charge in [-0.3, -0.25) is 4.90 Å². The normalized spacial score (nSPS) is 17.7. The van der Waals surface area contributed by atoms with E-state index in [0.717, 1.165) is 31.9 Å². The van der Waals surface area contributed by atoms with Crippen LogP contribution in [0.2, 0.25) is 0 Å². The Morgan fingerprint density at radius 1 is 1.32 bits per heavy atom. The highest BCUT2D eigenvalue weighted by atomic mass is 16.5. The Morgan fingerprint density at radius 3 is 2.58 bits per heavy atom. The van der Waals surface area contributed by atoms with Crippen molar-refractivity contribution < 1.29 is 4.74 Å². The number of hydrogen-bond donors (Lipinski definition) is 1. The van der Waals surface area contributed by atoms with E-state index in [2.05, 4.69) is 28.4 Å². The molecular weight excluding hydrogens is 238 g/mol. The van der Waals surface area contributed by atoms with Gasteiger partial charge in [-0.25, -0.2) is 0 Å². The predicted molar refractivity (Wildman–Crippen MR) is 75.0 cm³/mol. The summed E-state index contributed by atoms with van der Waals surface area (Å²) in [5, 5.41) is 12.4. The van der Waals surface area contributed by atoms with Crippen molar-refractivity contribution in [3.8, 4) is 11.8 Å². The third-order valence-electron chi connectivity index (χ3n) is 3.45. The Balaban J connectivity index is 2.11. The summed E-state index contributed by atoms with van der Waals surface area (Å²) in [5.41, 5.74) is 1.20. The topological polar surface area (TPSA) is 48.3 Å². The lowest BCUT2D eigenvalue weighted by Gasteiger charge is -2.34. The maximum Gasteiger partial charge on any atom is 0.119 e. The van der Waals surface area contributed by atoms with Crippen LogP contribution in [0.15, 0.2) is 24.3 Å².